The summed E-state index contributed by atoms with van der Waals surface area (Å²) in [6.07, 6.45) is 0.955. The third-order valence-corrected chi connectivity index (χ3v) is 2.96. The molecule has 1 aromatic rings. The number of nitrogens with one attached hydrogen (secondary N) is 1. The molecular weight excluding hydrogens is 222 g/mol. The fraction of sp³-hybridized carbons (Fsp3) is 0.818. The minimum absolute atomic E-state index is 0.591. The first kappa shape index (κ1) is 13.5. The Morgan fingerprint density at radius 2 is 2.06 bits per heavy atom. The van der Waals surface area contributed by atoms with Crippen LogP contribution in [-0.4, -0.2) is 29.9 Å². The van der Waals surface area contributed by atoms with E-state index in [1.807, 2.05) is 6.92 Å². The molecule has 1 rings (SSSR count). The minimum atomic E-state index is 0.591. The van der Waals surface area contributed by atoms with E-state index in [0.717, 1.165) is 36.1 Å². The Balaban J connectivity index is 2.19. The van der Waals surface area contributed by atoms with Crippen LogP contribution in [0.1, 0.15) is 30.8 Å². The molecule has 0 aliphatic carbocycles. The molecule has 0 fully saturated rings. The van der Waals surface area contributed by atoms with Gasteiger partial charge in [0.15, 0.2) is 0 Å². The van der Waals surface area contributed by atoms with E-state index in [9.17, 15) is 0 Å². The lowest BCUT2D eigenvalue weighted by Crippen LogP contribution is -2.22. The molecular formula is C11H21N3OS. The molecule has 16 heavy (non-hydrogen) atoms. The SMILES string of the molecule is CCOCc1nnc(CCNCC(C)C)s1. The van der Waals surface area contributed by atoms with Gasteiger partial charge in [0.05, 0.1) is 0 Å². The third kappa shape index (κ3) is 5.53. The summed E-state index contributed by atoms with van der Waals surface area (Å²) in [5.41, 5.74) is 0. The second-order valence-corrected chi connectivity index (χ2v) is 5.22. The van der Waals surface area contributed by atoms with Gasteiger partial charge in [-0.2, -0.15) is 0 Å². The zero-order chi connectivity index (χ0) is 11.8. The second-order valence-electron chi connectivity index (χ2n) is 4.07. The molecule has 5 heteroatoms. The molecule has 0 atom stereocenters. The summed E-state index contributed by atoms with van der Waals surface area (Å²) < 4.78 is 5.28. The summed E-state index contributed by atoms with van der Waals surface area (Å²) in [5, 5.41) is 13.7. The monoisotopic (exact) mass is 243 g/mol. The number of aromatic nitrogens is 2. The fourth-order valence-electron chi connectivity index (χ4n) is 1.22. The Kier molecular flexibility index (Phi) is 6.52. The number of hydrogen-bond donors (Lipinski definition) is 1. The third-order valence-electron chi connectivity index (χ3n) is 2.01. The van der Waals surface area contributed by atoms with E-state index < -0.39 is 0 Å². The lowest BCUT2D eigenvalue weighted by Gasteiger charge is -2.05. The van der Waals surface area contributed by atoms with Gasteiger partial charge in [-0.3, -0.25) is 0 Å². The number of nitrogens with zero attached hydrogens (tertiary/aromatic N) is 2. The lowest BCUT2D eigenvalue weighted by atomic mass is 10.2. The van der Waals surface area contributed by atoms with Crippen molar-refractivity contribution in [1.29, 1.82) is 0 Å². The summed E-state index contributed by atoms with van der Waals surface area (Å²) >= 11 is 1.64. The van der Waals surface area contributed by atoms with Crippen molar-refractivity contribution < 1.29 is 4.74 Å². The van der Waals surface area contributed by atoms with Crippen LogP contribution in [0, 0.1) is 5.92 Å². The van der Waals surface area contributed by atoms with E-state index in [4.69, 9.17) is 4.74 Å². The molecule has 1 heterocycles. The van der Waals surface area contributed by atoms with E-state index in [2.05, 4.69) is 29.4 Å². The first-order valence-electron chi connectivity index (χ1n) is 5.82. The predicted octanol–water partition coefficient (Wildman–Crippen LogP) is 1.86. The van der Waals surface area contributed by atoms with Crippen LogP contribution in [0.25, 0.3) is 0 Å². The quantitative estimate of drug-likeness (QED) is 0.708. The first-order chi connectivity index (χ1) is 7.72. The minimum Gasteiger partial charge on any atom is -0.374 e. The van der Waals surface area contributed by atoms with Crippen LogP contribution >= 0.6 is 11.3 Å². The average molecular weight is 243 g/mol. The molecule has 0 spiro atoms. The smallest absolute Gasteiger partial charge is 0.143 e. The maximum absolute atomic E-state index is 5.28. The summed E-state index contributed by atoms with van der Waals surface area (Å²) in [5.74, 6) is 0.697. The molecule has 0 bridgehead atoms. The molecule has 1 aromatic heterocycles. The van der Waals surface area contributed by atoms with Gasteiger partial charge in [-0.25, -0.2) is 0 Å². The Morgan fingerprint density at radius 3 is 2.75 bits per heavy atom. The maximum Gasteiger partial charge on any atom is 0.143 e. The van der Waals surface area contributed by atoms with Crippen LogP contribution in [0.15, 0.2) is 0 Å². The van der Waals surface area contributed by atoms with Gasteiger partial charge in [-0.1, -0.05) is 25.2 Å². The lowest BCUT2D eigenvalue weighted by molar-refractivity contribution is 0.133. The zero-order valence-corrected chi connectivity index (χ0v) is 11.1. The van der Waals surface area contributed by atoms with Crippen molar-refractivity contribution in [2.24, 2.45) is 5.92 Å². The van der Waals surface area contributed by atoms with E-state index in [-0.39, 0.29) is 0 Å². The van der Waals surface area contributed by atoms with Crippen molar-refractivity contribution in [1.82, 2.24) is 15.5 Å². The summed E-state index contributed by atoms with van der Waals surface area (Å²) in [7, 11) is 0. The predicted molar refractivity (Wildman–Crippen MR) is 66.7 cm³/mol. The Morgan fingerprint density at radius 1 is 1.31 bits per heavy atom. The van der Waals surface area contributed by atoms with Gasteiger partial charge in [-0.15, -0.1) is 10.2 Å². The summed E-state index contributed by atoms with van der Waals surface area (Å²) in [6.45, 7) is 9.75. The van der Waals surface area contributed by atoms with Gasteiger partial charge >= 0.3 is 0 Å². The summed E-state index contributed by atoms with van der Waals surface area (Å²) in [4.78, 5) is 0. The van der Waals surface area contributed by atoms with Gasteiger partial charge in [0.1, 0.15) is 16.6 Å². The average Bonchev–Trinajstić information content (AvgIpc) is 2.69. The highest BCUT2D eigenvalue weighted by Crippen LogP contribution is 2.10. The number of hydrogen-bond acceptors (Lipinski definition) is 5. The van der Waals surface area contributed by atoms with Crippen molar-refractivity contribution in [2.45, 2.75) is 33.8 Å². The Bertz CT molecular complexity index is 289. The molecule has 0 aromatic carbocycles. The first-order valence-corrected chi connectivity index (χ1v) is 6.63. The molecule has 92 valence electrons. The highest BCUT2D eigenvalue weighted by molar-refractivity contribution is 7.11. The van der Waals surface area contributed by atoms with Crippen molar-refractivity contribution in [2.75, 3.05) is 19.7 Å². The van der Waals surface area contributed by atoms with E-state index >= 15 is 0 Å². The van der Waals surface area contributed by atoms with Crippen molar-refractivity contribution >= 4 is 11.3 Å². The van der Waals surface area contributed by atoms with Gasteiger partial charge in [-0.05, 0) is 19.4 Å². The van der Waals surface area contributed by atoms with Crippen LogP contribution in [0.5, 0.6) is 0 Å². The van der Waals surface area contributed by atoms with Crippen LogP contribution in [0.2, 0.25) is 0 Å². The fourth-order valence-corrected chi connectivity index (χ4v) is 2.00. The van der Waals surface area contributed by atoms with Crippen LogP contribution < -0.4 is 5.32 Å². The molecule has 0 saturated heterocycles. The largest absolute Gasteiger partial charge is 0.374 e. The van der Waals surface area contributed by atoms with Gasteiger partial charge in [0, 0.05) is 19.6 Å². The molecule has 0 aliphatic rings. The molecule has 1 N–H and O–H groups in total. The van der Waals surface area contributed by atoms with Gasteiger partial charge in [0.25, 0.3) is 0 Å². The molecule has 0 unspecified atom stereocenters. The van der Waals surface area contributed by atoms with Crippen LogP contribution in [0.3, 0.4) is 0 Å². The zero-order valence-electron chi connectivity index (χ0n) is 10.3. The maximum atomic E-state index is 5.28. The molecule has 0 aliphatic heterocycles. The second kappa shape index (κ2) is 7.70. The number of rotatable bonds is 8. The Hall–Kier alpha value is -0.520. The molecule has 0 amide bonds. The van der Waals surface area contributed by atoms with E-state index in [1.165, 1.54) is 0 Å². The molecule has 4 nitrogen and oxygen atoms in total. The molecule has 0 radical (unpaired) electrons. The van der Waals surface area contributed by atoms with Crippen LogP contribution in [-0.2, 0) is 17.8 Å². The van der Waals surface area contributed by atoms with Crippen LogP contribution in [0.4, 0.5) is 0 Å². The normalized spacial score (nSPS) is 11.2. The van der Waals surface area contributed by atoms with E-state index in [1.54, 1.807) is 11.3 Å². The van der Waals surface area contributed by atoms with Gasteiger partial charge < -0.3 is 10.1 Å². The van der Waals surface area contributed by atoms with Crippen molar-refractivity contribution in [3.8, 4) is 0 Å². The van der Waals surface area contributed by atoms with Gasteiger partial charge in [0.2, 0.25) is 0 Å². The highest BCUT2D eigenvalue weighted by Gasteiger charge is 2.03. The Labute approximate surface area is 101 Å². The van der Waals surface area contributed by atoms with E-state index in [0.29, 0.717) is 12.5 Å². The summed E-state index contributed by atoms with van der Waals surface area (Å²) in [6, 6.07) is 0. The highest BCUT2D eigenvalue weighted by atomic mass is 32.1. The molecule has 0 saturated carbocycles. The standard InChI is InChI=1S/C11H21N3OS/c1-4-15-8-11-14-13-10(16-11)5-6-12-7-9(2)3/h9,12H,4-8H2,1-3H3. The van der Waals surface area contributed by atoms with Crippen molar-refractivity contribution in [3.63, 3.8) is 0 Å². The number of ether oxygens (including phenoxy) is 1. The van der Waals surface area contributed by atoms with Crippen molar-refractivity contribution in [3.05, 3.63) is 10.0 Å². The topological polar surface area (TPSA) is 47.0 Å².